The molecule has 7 nitrogen and oxygen atoms in total. The first-order valence-electron chi connectivity index (χ1n) is 10.8. The Morgan fingerprint density at radius 1 is 1.03 bits per heavy atom. The van der Waals surface area contributed by atoms with Crippen molar-refractivity contribution in [1.29, 1.82) is 0 Å². The van der Waals surface area contributed by atoms with Crippen LogP contribution in [0.2, 0.25) is 5.02 Å². The van der Waals surface area contributed by atoms with Gasteiger partial charge in [-0.1, -0.05) is 17.7 Å². The van der Waals surface area contributed by atoms with E-state index in [0.29, 0.717) is 47.9 Å². The number of nitrogens with one attached hydrogen (secondary N) is 2. The summed E-state index contributed by atoms with van der Waals surface area (Å²) in [7, 11) is 0. The van der Waals surface area contributed by atoms with Crippen molar-refractivity contribution in [1.82, 2.24) is 10.2 Å². The van der Waals surface area contributed by atoms with Crippen LogP contribution >= 0.6 is 11.6 Å². The van der Waals surface area contributed by atoms with E-state index >= 15 is 0 Å². The molecule has 1 aliphatic rings. The molecule has 1 fully saturated rings. The van der Waals surface area contributed by atoms with Crippen molar-refractivity contribution in [2.24, 2.45) is 5.92 Å². The van der Waals surface area contributed by atoms with Crippen LogP contribution in [0.5, 0.6) is 0 Å². The fourth-order valence-corrected chi connectivity index (χ4v) is 3.73. The first-order chi connectivity index (χ1) is 15.5. The maximum atomic E-state index is 12.7. The molecule has 0 aliphatic carbocycles. The summed E-state index contributed by atoms with van der Waals surface area (Å²) in [5.74, 6) is -0.196. The molecule has 3 N–H and O–H groups in total. The Hall–Kier alpha value is -2.90. The zero-order valence-electron chi connectivity index (χ0n) is 17.9. The zero-order valence-corrected chi connectivity index (χ0v) is 18.6. The molecule has 3 amide bonds. The van der Waals surface area contributed by atoms with Crippen molar-refractivity contribution in [2.45, 2.75) is 25.7 Å². The van der Waals surface area contributed by atoms with Crippen LogP contribution < -0.4 is 10.6 Å². The lowest BCUT2D eigenvalue weighted by Crippen LogP contribution is -2.39. The van der Waals surface area contributed by atoms with Gasteiger partial charge in [0.2, 0.25) is 5.91 Å². The first-order valence-corrected chi connectivity index (χ1v) is 11.2. The van der Waals surface area contributed by atoms with E-state index in [1.807, 2.05) is 0 Å². The van der Waals surface area contributed by atoms with Gasteiger partial charge in [0.1, 0.15) is 0 Å². The summed E-state index contributed by atoms with van der Waals surface area (Å²) in [6.07, 6.45) is 2.33. The van der Waals surface area contributed by atoms with E-state index in [0.717, 1.165) is 12.8 Å². The van der Waals surface area contributed by atoms with Gasteiger partial charge in [0.25, 0.3) is 11.8 Å². The number of hydrogen-bond donors (Lipinski definition) is 3. The maximum absolute atomic E-state index is 12.7. The molecule has 170 valence electrons. The fraction of sp³-hybridized carbons (Fsp3) is 0.375. The number of carbonyl (C=O) groups excluding carboxylic acids is 3. The standard InChI is InChI=1S/C24H28ClN3O4/c25-20-8-6-18(7-9-20)23(31)26-12-2-5-22(30)27-21-4-1-3-19(15-21)24(32)28-13-10-17(16-29)11-14-28/h1,3-4,6-9,15,17,29H,2,5,10-14,16H2,(H,26,31)(H,27,30). The van der Waals surface area contributed by atoms with Gasteiger partial charge in [-0.05, 0) is 67.6 Å². The van der Waals surface area contributed by atoms with Crippen LogP contribution in [-0.2, 0) is 4.79 Å². The Kier molecular flexibility index (Phi) is 8.64. The normalized spacial score (nSPS) is 14.1. The summed E-state index contributed by atoms with van der Waals surface area (Å²) in [5, 5.41) is 15.4. The number of carbonyl (C=O) groups is 3. The Labute approximate surface area is 192 Å². The van der Waals surface area contributed by atoms with Gasteiger partial charge in [0.05, 0.1) is 0 Å². The summed E-state index contributed by atoms with van der Waals surface area (Å²) in [6, 6.07) is 13.5. The van der Waals surface area contributed by atoms with Gasteiger partial charge in [0.15, 0.2) is 0 Å². The number of anilines is 1. The van der Waals surface area contributed by atoms with Crippen LogP contribution in [-0.4, -0.2) is 54.0 Å². The lowest BCUT2D eigenvalue weighted by molar-refractivity contribution is -0.116. The average molecular weight is 458 g/mol. The van der Waals surface area contributed by atoms with E-state index in [2.05, 4.69) is 10.6 Å². The molecule has 0 saturated carbocycles. The van der Waals surface area contributed by atoms with E-state index < -0.39 is 0 Å². The summed E-state index contributed by atoms with van der Waals surface area (Å²) < 4.78 is 0. The molecule has 0 atom stereocenters. The molecule has 8 heteroatoms. The second kappa shape index (κ2) is 11.6. The van der Waals surface area contributed by atoms with E-state index in [-0.39, 0.29) is 36.7 Å². The topological polar surface area (TPSA) is 98.7 Å². The minimum absolute atomic E-state index is 0.0672. The highest BCUT2D eigenvalue weighted by Crippen LogP contribution is 2.20. The van der Waals surface area contributed by atoms with Crippen LogP contribution in [0.3, 0.4) is 0 Å². The van der Waals surface area contributed by atoms with Gasteiger partial charge < -0.3 is 20.6 Å². The van der Waals surface area contributed by atoms with Crippen LogP contribution in [0, 0.1) is 5.92 Å². The molecule has 32 heavy (non-hydrogen) atoms. The Morgan fingerprint density at radius 2 is 1.75 bits per heavy atom. The second-order valence-electron chi connectivity index (χ2n) is 7.91. The third-order valence-electron chi connectivity index (χ3n) is 5.53. The number of piperidine rings is 1. The van der Waals surface area contributed by atoms with Gasteiger partial charge in [-0.3, -0.25) is 14.4 Å². The van der Waals surface area contributed by atoms with Crippen LogP contribution in [0.1, 0.15) is 46.4 Å². The van der Waals surface area contributed by atoms with E-state index in [1.165, 1.54) is 0 Å². The number of rotatable bonds is 8. The van der Waals surface area contributed by atoms with E-state index in [9.17, 15) is 19.5 Å². The van der Waals surface area contributed by atoms with Crippen molar-refractivity contribution in [3.05, 3.63) is 64.7 Å². The molecule has 1 aliphatic heterocycles. The molecule has 0 bridgehead atoms. The average Bonchev–Trinajstić information content (AvgIpc) is 2.82. The Balaban J connectivity index is 1.42. The van der Waals surface area contributed by atoms with Crippen molar-refractivity contribution in [3.8, 4) is 0 Å². The number of hydrogen-bond acceptors (Lipinski definition) is 4. The predicted octanol–water partition coefficient (Wildman–Crippen LogP) is 3.33. The van der Waals surface area contributed by atoms with Crippen molar-refractivity contribution < 1.29 is 19.5 Å². The number of aliphatic hydroxyl groups is 1. The monoisotopic (exact) mass is 457 g/mol. The quantitative estimate of drug-likeness (QED) is 0.529. The Morgan fingerprint density at radius 3 is 2.44 bits per heavy atom. The number of nitrogens with zero attached hydrogens (tertiary/aromatic N) is 1. The molecular formula is C24H28ClN3O4. The molecule has 0 radical (unpaired) electrons. The molecule has 0 unspecified atom stereocenters. The van der Waals surface area contributed by atoms with Gasteiger partial charge >= 0.3 is 0 Å². The molecule has 1 saturated heterocycles. The number of benzene rings is 2. The minimum Gasteiger partial charge on any atom is -0.396 e. The van der Waals surface area contributed by atoms with Crippen molar-refractivity contribution in [3.63, 3.8) is 0 Å². The second-order valence-corrected chi connectivity index (χ2v) is 8.35. The van der Waals surface area contributed by atoms with E-state index in [1.54, 1.807) is 53.4 Å². The van der Waals surface area contributed by atoms with Crippen molar-refractivity contribution >= 4 is 35.0 Å². The highest BCUT2D eigenvalue weighted by molar-refractivity contribution is 6.30. The number of amides is 3. The molecule has 3 rings (SSSR count). The molecule has 2 aromatic carbocycles. The minimum atomic E-state index is -0.212. The third kappa shape index (κ3) is 6.80. The molecule has 2 aromatic rings. The number of aliphatic hydroxyl groups excluding tert-OH is 1. The fourth-order valence-electron chi connectivity index (χ4n) is 3.61. The summed E-state index contributed by atoms with van der Waals surface area (Å²) in [6.45, 7) is 1.79. The highest BCUT2D eigenvalue weighted by atomic mass is 35.5. The number of halogens is 1. The smallest absolute Gasteiger partial charge is 0.253 e. The summed E-state index contributed by atoms with van der Waals surface area (Å²) in [5.41, 5.74) is 1.61. The van der Waals surface area contributed by atoms with Gasteiger partial charge in [0, 0.05) is 54.5 Å². The summed E-state index contributed by atoms with van der Waals surface area (Å²) >= 11 is 5.82. The molecule has 0 spiro atoms. The van der Waals surface area contributed by atoms with Crippen molar-refractivity contribution in [2.75, 3.05) is 31.6 Å². The van der Waals surface area contributed by atoms with Gasteiger partial charge in [-0.2, -0.15) is 0 Å². The lowest BCUT2D eigenvalue weighted by atomic mass is 9.97. The molecule has 0 aromatic heterocycles. The van der Waals surface area contributed by atoms with Gasteiger partial charge in [-0.15, -0.1) is 0 Å². The van der Waals surface area contributed by atoms with Crippen LogP contribution in [0.4, 0.5) is 5.69 Å². The third-order valence-corrected chi connectivity index (χ3v) is 5.78. The Bertz CT molecular complexity index is 941. The molecule has 1 heterocycles. The lowest BCUT2D eigenvalue weighted by Gasteiger charge is -2.31. The first kappa shape index (κ1) is 23.8. The number of likely N-dealkylation sites (tertiary alicyclic amines) is 1. The SMILES string of the molecule is O=C(CCCNC(=O)c1ccc(Cl)cc1)Nc1cccc(C(=O)N2CCC(CO)CC2)c1. The van der Waals surface area contributed by atoms with Crippen LogP contribution in [0.15, 0.2) is 48.5 Å². The maximum Gasteiger partial charge on any atom is 0.253 e. The van der Waals surface area contributed by atoms with Crippen LogP contribution in [0.25, 0.3) is 0 Å². The zero-order chi connectivity index (χ0) is 22.9. The molecular weight excluding hydrogens is 430 g/mol. The predicted molar refractivity (Wildman–Crippen MR) is 124 cm³/mol. The summed E-state index contributed by atoms with van der Waals surface area (Å²) in [4.78, 5) is 38.8. The largest absolute Gasteiger partial charge is 0.396 e. The van der Waals surface area contributed by atoms with E-state index in [4.69, 9.17) is 11.6 Å². The highest BCUT2D eigenvalue weighted by Gasteiger charge is 2.23. The van der Waals surface area contributed by atoms with Gasteiger partial charge in [-0.25, -0.2) is 0 Å².